The summed E-state index contributed by atoms with van der Waals surface area (Å²) in [7, 11) is -3.20. The molecule has 0 bridgehead atoms. The van der Waals surface area contributed by atoms with Crippen LogP contribution >= 0.6 is 0 Å². The SMILES string of the molecule is Cc1cc(CC(OC(=O)N2CCC(N3CCc4ccccc4NC3=O)CC2)C(=O)N2CCN(C3CCN(S(C)(=O)=O)CC3)CC2)cc(C)c1O. The van der Waals surface area contributed by atoms with E-state index in [0.29, 0.717) is 82.9 Å². The number of rotatable bonds is 7. The fraction of sp³-hybridized carbons (Fsp3) is 0.583. The summed E-state index contributed by atoms with van der Waals surface area (Å²) in [6.45, 7) is 8.35. The molecule has 0 spiro atoms. The van der Waals surface area contributed by atoms with Crippen molar-refractivity contribution in [3.8, 4) is 5.75 Å². The molecule has 1 unspecified atom stereocenters. The Hall–Kier alpha value is -3.88. The number of benzene rings is 2. The van der Waals surface area contributed by atoms with E-state index in [4.69, 9.17) is 4.74 Å². The number of nitrogens with one attached hydrogen (secondary N) is 1. The molecule has 4 amide bonds. The number of phenolic OH excluding ortho intramolecular Hbond substituents is 1. The Morgan fingerprint density at radius 2 is 1.50 bits per heavy atom. The number of carbonyl (C=O) groups excluding carboxylic acids is 3. The number of amides is 4. The maximum atomic E-state index is 14.1. The number of fused-ring (bicyclic) bond motifs is 1. The van der Waals surface area contributed by atoms with Crippen LogP contribution in [0.25, 0.3) is 0 Å². The number of piperazine rings is 1. The standard InChI is InChI=1S/C36H50N6O7S/c1-25-22-27(23-26(2)33(25)43)24-32(34(44)39-20-18-38(19-21-39)29-11-15-41(16-12-29)50(3,47)48)49-36(46)40-13-9-30(10-14-40)42-17-8-28-6-4-5-7-31(28)37-35(42)45/h4-7,22-23,29-30,32,43H,8-21,24H2,1-3H3,(H,37,45). The van der Waals surface area contributed by atoms with Crippen molar-refractivity contribution in [2.75, 3.05) is 70.5 Å². The first-order valence-corrected chi connectivity index (χ1v) is 19.6. The van der Waals surface area contributed by atoms with Crippen LogP contribution in [-0.4, -0.2) is 139 Å². The van der Waals surface area contributed by atoms with Crippen LogP contribution in [-0.2, 0) is 32.4 Å². The van der Waals surface area contributed by atoms with Crippen LogP contribution in [0.15, 0.2) is 36.4 Å². The van der Waals surface area contributed by atoms with Crippen molar-refractivity contribution < 1.29 is 32.6 Å². The summed E-state index contributed by atoms with van der Waals surface area (Å²) in [6.07, 6.45) is 3.34. The van der Waals surface area contributed by atoms with Crippen LogP contribution in [0.5, 0.6) is 5.75 Å². The van der Waals surface area contributed by atoms with Crippen molar-refractivity contribution in [3.63, 3.8) is 0 Å². The van der Waals surface area contributed by atoms with Gasteiger partial charge in [0.1, 0.15) is 5.75 Å². The second kappa shape index (κ2) is 15.2. The second-order valence-corrected chi connectivity index (χ2v) is 16.1. The predicted molar refractivity (Wildman–Crippen MR) is 190 cm³/mol. The summed E-state index contributed by atoms with van der Waals surface area (Å²) >= 11 is 0. The van der Waals surface area contributed by atoms with Crippen molar-refractivity contribution in [2.24, 2.45) is 0 Å². The number of phenols is 1. The van der Waals surface area contributed by atoms with Gasteiger partial charge >= 0.3 is 12.1 Å². The number of sulfonamides is 1. The summed E-state index contributed by atoms with van der Waals surface area (Å²) in [4.78, 5) is 48.4. The zero-order valence-corrected chi connectivity index (χ0v) is 30.2. The number of para-hydroxylation sites is 1. The number of aryl methyl sites for hydroxylation is 2. The molecule has 3 fully saturated rings. The molecular formula is C36H50N6O7S. The Labute approximate surface area is 295 Å². The Kier molecular flexibility index (Phi) is 10.9. The van der Waals surface area contributed by atoms with E-state index in [2.05, 4.69) is 10.2 Å². The molecule has 0 saturated carbocycles. The van der Waals surface area contributed by atoms with Crippen LogP contribution in [0, 0.1) is 13.8 Å². The summed E-state index contributed by atoms with van der Waals surface area (Å²) in [5.41, 5.74) is 4.13. The molecule has 6 rings (SSSR count). The number of piperidine rings is 2. The molecule has 0 aromatic heterocycles. The molecule has 4 aliphatic rings. The van der Waals surface area contributed by atoms with Crippen LogP contribution in [0.3, 0.4) is 0 Å². The Morgan fingerprint density at radius 3 is 2.14 bits per heavy atom. The van der Waals surface area contributed by atoms with E-state index in [9.17, 15) is 27.9 Å². The number of anilines is 1. The van der Waals surface area contributed by atoms with E-state index in [1.807, 2.05) is 55.1 Å². The number of urea groups is 1. The van der Waals surface area contributed by atoms with E-state index in [1.54, 1.807) is 9.80 Å². The molecule has 1 atom stereocenters. The molecule has 3 saturated heterocycles. The first-order chi connectivity index (χ1) is 23.9. The van der Waals surface area contributed by atoms with Gasteiger partial charge in [0, 0.05) is 83.1 Å². The highest BCUT2D eigenvalue weighted by Crippen LogP contribution is 2.27. The van der Waals surface area contributed by atoms with Crippen LogP contribution < -0.4 is 5.32 Å². The van der Waals surface area contributed by atoms with E-state index < -0.39 is 22.2 Å². The van der Waals surface area contributed by atoms with Gasteiger partial charge in [-0.1, -0.05) is 30.3 Å². The number of carbonyl (C=O) groups is 3. The monoisotopic (exact) mass is 710 g/mol. The number of likely N-dealkylation sites (tertiary alicyclic amines) is 1. The lowest BCUT2D eigenvalue weighted by Crippen LogP contribution is -2.57. The number of aromatic hydroxyl groups is 1. The van der Waals surface area contributed by atoms with Gasteiger partial charge in [0.15, 0.2) is 6.10 Å². The molecule has 50 heavy (non-hydrogen) atoms. The molecule has 2 aromatic carbocycles. The van der Waals surface area contributed by atoms with Gasteiger partial charge in [-0.3, -0.25) is 9.69 Å². The van der Waals surface area contributed by atoms with Gasteiger partial charge in [-0.05, 0) is 74.3 Å². The van der Waals surface area contributed by atoms with Gasteiger partial charge in [0.2, 0.25) is 10.0 Å². The van der Waals surface area contributed by atoms with Gasteiger partial charge in [-0.15, -0.1) is 0 Å². The topological polar surface area (TPSA) is 143 Å². The lowest BCUT2D eigenvalue weighted by atomic mass is 10.00. The molecule has 272 valence electrons. The van der Waals surface area contributed by atoms with E-state index >= 15 is 0 Å². The fourth-order valence-corrected chi connectivity index (χ4v) is 8.78. The van der Waals surface area contributed by atoms with Crippen molar-refractivity contribution in [1.29, 1.82) is 0 Å². The minimum absolute atomic E-state index is 0.0105. The lowest BCUT2D eigenvalue weighted by molar-refractivity contribution is -0.143. The Bertz CT molecular complexity index is 1660. The summed E-state index contributed by atoms with van der Waals surface area (Å²) in [5.74, 6) is -0.0408. The number of nitrogens with zero attached hydrogens (tertiary/aromatic N) is 5. The second-order valence-electron chi connectivity index (χ2n) is 14.2. The third-order valence-corrected chi connectivity index (χ3v) is 12.1. The van der Waals surface area contributed by atoms with Crippen molar-refractivity contribution in [2.45, 2.75) is 70.6 Å². The number of ether oxygens (including phenoxy) is 1. The summed E-state index contributed by atoms with van der Waals surface area (Å²) in [5, 5.41) is 13.4. The largest absolute Gasteiger partial charge is 0.507 e. The molecule has 0 aliphatic carbocycles. The van der Waals surface area contributed by atoms with Crippen molar-refractivity contribution >= 4 is 33.7 Å². The molecule has 4 aliphatic heterocycles. The molecule has 14 heteroatoms. The molecule has 4 heterocycles. The zero-order valence-electron chi connectivity index (χ0n) is 29.3. The smallest absolute Gasteiger partial charge is 0.410 e. The highest BCUT2D eigenvalue weighted by molar-refractivity contribution is 7.88. The summed E-state index contributed by atoms with van der Waals surface area (Å²) in [6, 6.07) is 11.6. The fourth-order valence-electron chi connectivity index (χ4n) is 7.90. The minimum atomic E-state index is -3.20. The average molecular weight is 711 g/mol. The predicted octanol–water partition coefficient (Wildman–Crippen LogP) is 3.18. The minimum Gasteiger partial charge on any atom is -0.507 e. The van der Waals surface area contributed by atoms with Gasteiger partial charge in [-0.2, -0.15) is 0 Å². The molecule has 0 radical (unpaired) electrons. The number of hydrogen-bond acceptors (Lipinski definition) is 8. The zero-order chi connectivity index (χ0) is 35.6. The molecule has 2 aromatic rings. The summed E-state index contributed by atoms with van der Waals surface area (Å²) < 4.78 is 31.5. The number of hydrogen-bond donors (Lipinski definition) is 2. The molecular weight excluding hydrogens is 660 g/mol. The first-order valence-electron chi connectivity index (χ1n) is 17.8. The van der Waals surface area contributed by atoms with Gasteiger partial charge in [0.05, 0.1) is 6.26 Å². The molecule has 13 nitrogen and oxygen atoms in total. The van der Waals surface area contributed by atoms with Gasteiger partial charge in [0.25, 0.3) is 5.91 Å². The highest BCUT2D eigenvalue weighted by atomic mass is 32.2. The van der Waals surface area contributed by atoms with Crippen LogP contribution in [0.1, 0.15) is 47.9 Å². The molecule has 2 N–H and O–H groups in total. The van der Waals surface area contributed by atoms with E-state index in [0.717, 1.165) is 36.1 Å². The van der Waals surface area contributed by atoms with Gasteiger partial charge in [-0.25, -0.2) is 22.3 Å². The lowest BCUT2D eigenvalue weighted by Gasteiger charge is -2.43. The Morgan fingerprint density at radius 1 is 0.880 bits per heavy atom. The van der Waals surface area contributed by atoms with Crippen molar-refractivity contribution in [1.82, 2.24) is 23.9 Å². The first kappa shape index (κ1) is 35.9. The quantitative estimate of drug-likeness (QED) is 0.447. The normalized spacial score (nSPS) is 20.9. The van der Waals surface area contributed by atoms with Crippen LogP contribution in [0.2, 0.25) is 0 Å². The van der Waals surface area contributed by atoms with Crippen LogP contribution in [0.4, 0.5) is 15.3 Å². The van der Waals surface area contributed by atoms with E-state index in [1.165, 1.54) is 10.6 Å². The van der Waals surface area contributed by atoms with Gasteiger partial charge < -0.3 is 29.9 Å². The third-order valence-electron chi connectivity index (χ3n) is 10.8. The third kappa shape index (κ3) is 8.18. The maximum absolute atomic E-state index is 14.1. The van der Waals surface area contributed by atoms with E-state index in [-0.39, 0.29) is 36.2 Å². The van der Waals surface area contributed by atoms with Crippen molar-refractivity contribution in [3.05, 3.63) is 58.7 Å². The Balaban J connectivity index is 1.07. The highest BCUT2D eigenvalue weighted by Gasteiger charge is 2.37. The maximum Gasteiger partial charge on any atom is 0.410 e. The average Bonchev–Trinajstić information content (AvgIpc) is 3.27.